The molecule has 1 saturated carbocycles. The van der Waals surface area contributed by atoms with E-state index in [4.69, 9.17) is 34.1 Å². The van der Waals surface area contributed by atoms with Gasteiger partial charge in [0.15, 0.2) is 28.6 Å². The number of ether oxygens (including phenoxy) is 4. The lowest BCUT2D eigenvalue weighted by molar-refractivity contribution is -0.931. The first kappa shape index (κ1) is 80.2. The number of methoxy groups -OCH3 is 1. The van der Waals surface area contributed by atoms with E-state index in [0.717, 1.165) is 10.5 Å². The molecule has 5 heterocycles. The van der Waals surface area contributed by atoms with Crippen LogP contribution in [0.25, 0.3) is 38.7 Å². The number of carbonyl (C=O) groups is 8. The summed E-state index contributed by atoms with van der Waals surface area (Å²) in [4.78, 5) is 141. The molecular formula is C78H98FN10O19+. The lowest BCUT2D eigenvalue weighted by Gasteiger charge is -2.45. The molecule has 11 N–H and O–H groups in total. The standard InChI is InChI=1S/C78H97FN10O19/c1-40-18-15-19-41(2)72(99)86-63-67(97)59-58(60-69(45(6)66(59)96)108-77(8,71(60)98)105-35-28-54(104-11)42(3)68(106-46(7)90)44(5)65(95)43(4)64(40)94)62-70(63)107-55-37-49(36-53(91)61(55)85-62)87-34-27-52(50(79)38-87)89(9,10)39-47-21-23-48(24-22-47)83-73(100)51(20-16-32-82-76(80)103)84-75(102)78(29-17-30-78)74(101)81-31-13-12-14-33-88-56(92)25-26-57(88)93/h15,18-19,21-26,28,35-37,40,42-44,50-52,54,64-65,68,94-95H,12-14,16-17,20,27,29-34,38-39H2,1-11H3,(H8-,80,81,82,83,84,85,86,91,92,93,96,97,98,99,100,101,102,103)/p+1/b18-15+,35-28+,41-19-/t40-,42+,43+,44+,50?,51-,52?,54-,64-,65+,68+,77-/m0/s1. The number of nitrogens with zero attached hydrogens (tertiary/aromatic N) is 4. The Labute approximate surface area is 623 Å². The van der Waals surface area contributed by atoms with Crippen molar-refractivity contribution in [2.45, 2.75) is 168 Å². The molecule has 0 radical (unpaired) electrons. The minimum Gasteiger partial charge on any atom is -0.507 e. The summed E-state index contributed by atoms with van der Waals surface area (Å²) in [6, 6.07) is 7.27. The van der Waals surface area contributed by atoms with Crippen LogP contribution in [-0.2, 0) is 54.3 Å². The van der Waals surface area contributed by atoms with Gasteiger partial charge in [0, 0.05) is 135 Å². The lowest BCUT2D eigenvalue weighted by atomic mass is 9.67. The first-order valence-electron chi connectivity index (χ1n) is 36.5. The fraction of sp³-hybridized carbons (Fsp3) is 0.500. The maximum atomic E-state index is 17.0. The van der Waals surface area contributed by atoms with Crippen LogP contribution in [0, 0.1) is 36.0 Å². The van der Waals surface area contributed by atoms with Gasteiger partial charge in [0.2, 0.25) is 28.6 Å². The van der Waals surface area contributed by atoms with Crippen molar-refractivity contribution >= 4 is 103 Å². The normalized spacial score (nSPS) is 26.0. The number of halogens is 1. The number of fused-ring (bicyclic) bond motifs is 2. The predicted molar refractivity (Wildman–Crippen MR) is 399 cm³/mol. The maximum absolute atomic E-state index is 17.0. The fourth-order valence-electron chi connectivity index (χ4n) is 15.2. The highest BCUT2D eigenvalue weighted by atomic mass is 19.1. The fourth-order valence-corrected chi connectivity index (χ4v) is 15.2. The summed E-state index contributed by atoms with van der Waals surface area (Å²) in [5, 5.41) is 60.7. The molecule has 5 aliphatic rings. The summed E-state index contributed by atoms with van der Waals surface area (Å²) in [6.45, 7) is 13.4. The molecule has 29 nitrogen and oxygen atoms in total. The summed E-state index contributed by atoms with van der Waals surface area (Å²) in [6.07, 6.45) is 7.53. The number of piperidine rings is 1. The van der Waals surface area contributed by atoms with Crippen LogP contribution in [0.2, 0.25) is 0 Å². The van der Waals surface area contributed by atoms with Crippen molar-refractivity contribution in [1.82, 2.24) is 25.8 Å². The smallest absolute Gasteiger partial charge is 0.312 e. The number of phenolic OH excluding ortho intramolecular Hbond substituents is 1. The van der Waals surface area contributed by atoms with Crippen molar-refractivity contribution in [3.63, 3.8) is 0 Å². The zero-order chi connectivity index (χ0) is 78.6. The van der Waals surface area contributed by atoms with E-state index in [1.54, 1.807) is 62.9 Å². The lowest BCUT2D eigenvalue weighted by Crippen LogP contribution is -2.59. The molecule has 580 valence electrons. The van der Waals surface area contributed by atoms with Crippen LogP contribution in [0.4, 0.5) is 26.2 Å². The van der Waals surface area contributed by atoms with E-state index in [0.29, 0.717) is 44.3 Å². The number of imide groups is 1. The van der Waals surface area contributed by atoms with Gasteiger partial charge in [0.25, 0.3) is 17.7 Å². The Bertz CT molecular complexity index is 4650. The molecule has 1 aromatic heterocycles. The zero-order valence-electron chi connectivity index (χ0n) is 62.6. The van der Waals surface area contributed by atoms with Crippen LogP contribution < -0.4 is 58.0 Å². The highest BCUT2D eigenvalue weighted by Gasteiger charge is 2.52. The van der Waals surface area contributed by atoms with Crippen LogP contribution in [0.1, 0.15) is 117 Å². The van der Waals surface area contributed by atoms with Gasteiger partial charge in [0.1, 0.15) is 52.9 Å². The highest BCUT2D eigenvalue weighted by molar-refractivity contribution is 6.17. The number of rotatable bonds is 21. The summed E-state index contributed by atoms with van der Waals surface area (Å²) in [7, 11) is 5.21. The van der Waals surface area contributed by atoms with Crippen molar-refractivity contribution < 1.29 is 91.0 Å². The summed E-state index contributed by atoms with van der Waals surface area (Å²) in [5.41, 5.74) is 2.13. The molecule has 0 spiro atoms. The molecule has 10 rings (SSSR count). The summed E-state index contributed by atoms with van der Waals surface area (Å²) in [5.74, 6) is -10.1. The number of nitrogens with one attached hydrogen (secondary N) is 5. The molecule has 4 bridgehead atoms. The molecule has 8 amide bonds. The van der Waals surface area contributed by atoms with Crippen LogP contribution >= 0.6 is 0 Å². The molecule has 12 atom stereocenters. The van der Waals surface area contributed by atoms with Gasteiger partial charge in [-0.3, -0.25) is 48.1 Å². The van der Waals surface area contributed by atoms with E-state index in [1.807, 2.05) is 14.1 Å². The number of allylic oxidation sites excluding steroid dienone is 2. The quantitative estimate of drug-likeness (QED) is 0.00765. The number of aromatic hydroxyl groups is 1. The number of quaternary nitrogens is 1. The maximum Gasteiger partial charge on any atom is 0.312 e. The number of esters is 1. The Kier molecular flexibility index (Phi) is 24.6. The second kappa shape index (κ2) is 33.0. The van der Waals surface area contributed by atoms with Gasteiger partial charge >= 0.3 is 17.8 Å². The van der Waals surface area contributed by atoms with Crippen LogP contribution in [0.3, 0.4) is 0 Å². The number of anilines is 3. The minimum atomic E-state index is -2.09. The Hall–Kier alpha value is -10.3. The second-order valence-electron chi connectivity index (χ2n) is 29.9. The molecule has 2 unspecified atom stereocenters. The predicted octanol–water partition coefficient (Wildman–Crippen LogP) is 6.01. The largest absolute Gasteiger partial charge is 0.507 e. The molecule has 1 saturated heterocycles. The minimum absolute atomic E-state index is 0.0204. The number of amides is 8. The Morgan fingerprint density at radius 3 is 2.21 bits per heavy atom. The highest BCUT2D eigenvalue weighted by Crippen LogP contribution is 2.44. The van der Waals surface area contributed by atoms with Crippen LogP contribution in [0.15, 0.2) is 98.7 Å². The molecule has 4 aromatic carbocycles. The number of unbranched alkanes of at least 4 members (excludes halogenated alkanes) is 2. The number of benzene rings is 4. The van der Waals surface area contributed by atoms with E-state index in [-0.39, 0.29) is 130 Å². The third-order valence-electron chi connectivity index (χ3n) is 21.9. The number of hydrogen-bond acceptors (Lipinski definition) is 21. The number of urea groups is 1. The molecule has 2 fully saturated rings. The van der Waals surface area contributed by atoms with Gasteiger partial charge < -0.3 is 85.5 Å². The average molecular weight is 1500 g/mol. The number of aliphatic hydroxyl groups excluding tert-OH is 3. The SMILES string of the molecule is CO[C@H]1/C=C/O[C@@]2(C)Oc3c(C)c(O)c4c(=O)c(c5oc6cc(N7CCC([N+](C)(C)Cc8ccc(NC(=O)[C@H](CCCNC(N)=O)NC(=O)C9(C(=O)NCCCCCN%10C(=O)C=CC%10=O)CCC9)cc8)C(F)C7)cc(=O)c6nc5c4c3=C2O)NC(=O)/C(C)=C\C=C\[C@H](C)[C@H](O)[C@@H](C)[C@@H](O)[C@@H](C)[C@H](OC(C)=O)[C@@H]1C. The topological polar surface area (TPSA) is 407 Å². The van der Waals surface area contributed by atoms with Crippen molar-refractivity contribution in [2.24, 2.45) is 34.8 Å². The van der Waals surface area contributed by atoms with E-state index in [1.165, 1.54) is 83.6 Å². The van der Waals surface area contributed by atoms with E-state index < -0.39 is 147 Å². The number of nitrogens with two attached hydrogens (primary N) is 1. The van der Waals surface area contributed by atoms with Crippen molar-refractivity contribution in [1.29, 1.82) is 0 Å². The Balaban J connectivity index is 0.882. The first-order chi connectivity index (χ1) is 51.1. The first-order valence-corrected chi connectivity index (χ1v) is 36.5. The molecule has 5 aromatic rings. The number of primary amides is 1. The number of alkyl halides is 1. The average Bonchev–Trinajstić information content (AvgIpc) is 1.40. The van der Waals surface area contributed by atoms with E-state index >= 15 is 9.18 Å². The van der Waals surface area contributed by atoms with Crippen molar-refractivity contribution in [3.8, 4) is 11.5 Å². The molecule has 1 aliphatic carbocycles. The Morgan fingerprint density at radius 1 is 0.870 bits per heavy atom. The third-order valence-corrected chi connectivity index (χ3v) is 21.9. The van der Waals surface area contributed by atoms with Crippen molar-refractivity contribution in [3.05, 3.63) is 121 Å². The number of phenols is 1. The van der Waals surface area contributed by atoms with Gasteiger partial charge in [-0.25, -0.2) is 14.2 Å². The molecular weight excluding hydrogens is 1400 g/mol. The monoisotopic (exact) mass is 1500 g/mol. The van der Waals surface area contributed by atoms with Gasteiger partial charge in [0.05, 0.1) is 55.8 Å². The van der Waals surface area contributed by atoms with Gasteiger partial charge in [-0.05, 0) is 77.0 Å². The Morgan fingerprint density at radius 2 is 1.56 bits per heavy atom. The summed E-state index contributed by atoms with van der Waals surface area (Å²) < 4.78 is 48.0. The third kappa shape index (κ3) is 16.7. The number of aliphatic hydroxyl groups is 3. The van der Waals surface area contributed by atoms with Gasteiger partial charge in [-0.15, -0.1) is 0 Å². The number of aromatic nitrogens is 1. The van der Waals surface area contributed by atoms with E-state index in [2.05, 4.69) is 26.6 Å². The van der Waals surface area contributed by atoms with Crippen molar-refractivity contribution in [2.75, 3.05) is 69.5 Å². The van der Waals surface area contributed by atoms with Gasteiger partial charge in [-0.2, -0.15) is 0 Å². The second-order valence-corrected chi connectivity index (χ2v) is 29.9. The molecule has 108 heavy (non-hydrogen) atoms. The van der Waals surface area contributed by atoms with Gasteiger partial charge in [-0.1, -0.05) is 64.5 Å². The molecule has 30 heteroatoms. The van der Waals surface area contributed by atoms with Crippen LogP contribution in [-0.4, -0.2) is 185 Å². The molecule has 4 aliphatic heterocycles. The summed E-state index contributed by atoms with van der Waals surface area (Å²) >= 11 is 0. The number of carbonyl (C=O) groups excluding carboxylic acids is 8. The van der Waals surface area contributed by atoms with E-state index in [9.17, 15) is 63.6 Å². The van der Waals surface area contributed by atoms with Crippen LogP contribution in [0.5, 0.6) is 11.5 Å². The zero-order valence-corrected chi connectivity index (χ0v) is 62.6. The number of hydrogen-bond donors (Lipinski definition) is 10.